The Balaban J connectivity index is 3.05. The Morgan fingerprint density at radius 2 is 2.11 bits per heavy atom. The minimum absolute atomic E-state index is 0.127. The maximum atomic E-state index is 11.4. The van der Waals surface area contributed by atoms with Crippen LogP contribution in [0.4, 0.5) is 0 Å². The normalized spacial score (nSPS) is 14.0. The average molecular weight is 305 g/mol. The zero-order valence-electron chi connectivity index (χ0n) is 11.9. The number of hydrogen-bond donors (Lipinski definition) is 2. The van der Waals surface area contributed by atoms with E-state index in [1.807, 2.05) is 20.9 Å². The smallest absolute Gasteiger partial charge is 0.247 e. The molecule has 0 aliphatic carbocycles. The molecule has 0 radical (unpaired) electrons. The van der Waals surface area contributed by atoms with Crippen molar-refractivity contribution >= 4 is 21.4 Å². The van der Waals surface area contributed by atoms with E-state index in [9.17, 15) is 8.42 Å². The number of nitrogens with one attached hydrogen (secondary N) is 1. The van der Waals surface area contributed by atoms with Gasteiger partial charge < -0.3 is 10.2 Å². The van der Waals surface area contributed by atoms with Crippen LogP contribution in [0.2, 0.25) is 0 Å². The minimum Gasteiger partial charge on any atom is -0.309 e. The van der Waals surface area contributed by atoms with Gasteiger partial charge in [0.05, 0.1) is 0 Å². The molecule has 5 nitrogen and oxygen atoms in total. The first-order valence-electron chi connectivity index (χ1n) is 6.34. The van der Waals surface area contributed by atoms with E-state index in [1.54, 1.807) is 6.07 Å². The first kappa shape index (κ1) is 16.6. The van der Waals surface area contributed by atoms with Gasteiger partial charge in [-0.05, 0) is 38.7 Å². The summed E-state index contributed by atoms with van der Waals surface area (Å²) in [5.41, 5.74) is 1.02. The number of rotatable bonds is 7. The van der Waals surface area contributed by atoms with Crippen molar-refractivity contribution < 1.29 is 8.42 Å². The lowest BCUT2D eigenvalue weighted by Crippen LogP contribution is -2.33. The monoisotopic (exact) mass is 305 g/mol. The number of thiophene rings is 1. The Labute approximate surface area is 119 Å². The molecule has 110 valence electrons. The van der Waals surface area contributed by atoms with E-state index in [0.717, 1.165) is 30.1 Å². The summed E-state index contributed by atoms with van der Waals surface area (Å²) in [6, 6.07) is 1.83. The number of primary sulfonamides is 1. The molecule has 3 N–H and O–H groups in total. The predicted molar refractivity (Wildman–Crippen MR) is 80.0 cm³/mol. The van der Waals surface area contributed by atoms with Gasteiger partial charge in [0.1, 0.15) is 4.21 Å². The van der Waals surface area contributed by atoms with Gasteiger partial charge in [-0.1, -0.05) is 13.8 Å². The highest BCUT2D eigenvalue weighted by Crippen LogP contribution is 2.29. The van der Waals surface area contributed by atoms with Crippen LogP contribution in [0.3, 0.4) is 0 Å². The molecule has 0 aliphatic rings. The van der Waals surface area contributed by atoms with Crippen LogP contribution < -0.4 is 10.5 Å². The molecule has 1 heterocycles. The standard InChI is InChI=1S/C12H23N3O2S2/c1-5-14-11(8-15(4)6-2)10-7-12(18-9(10)3)19(13,16)17/h7,11,14H,5-6,8H2,1-4H3,(H2,13,16,17). The molecule has 0 amide bonds. The van der Waals surface area contributed by atoms with Crippen LogP contribution in [-0.2, 0) is 10.0 Å². The maximum Gasteiger partial charge on any atom is 0.247 e. The Morgan fingerprint density at radius 3 is 2.53 bits per heavy atom. The van der Waals surface area contributed by atoms with Crippen molar-refractivity contribution in [2.24, 2.45) is 5.14 Å². The lowest BCUT2D eigenvalue weighted by molar-refractivity contribution is 0.305. The molecule has 0 saturated carbocycles. The summed E-state index contributed by atoms with van der Waals surface area (Å²) in [4.78, 5) is 3.20. The summed E-state index contributed by atoms with van der Waals surface area (Å²) in [6.07, 6.45) is 0. The Hall–Kier alpha value is -0.470. The molecule has 0 spiro atoms. The molecule has 0 aromatic carbocycles. The number of sulfonamides is 1. The maximum absolute atomic E-state index is 11.4. The van der Waals surface area contributed by atoms with Crippen molar-refractivity contribution in [1.82, 2.24) is 10.2 Å². The summed E-state index contributed by atoms with van der Waals surface area (Å²) in [5.74, 6) is 0. The lowest BCUT2D eigenvalue weighted by Gasteiger charge is -2.23. The van der Waals surface area contributed by atoms with E-state index in [2.05, 4.69) is 17.1 Å². The summed E-state index contributed by atoms with van der Waals surface area (Å²) in [7, 11) is -1.56. The van der Waals surface area contributed by atoms with Gasteiger partial charge >= 0.3 is 0 Å². The molecule has 0 aliphatic heterocycles. The molecule has 1 unspecified atom stereocenters. The van der Waals surface area contributed by atoms with Crippen LogP contribution in [0.1, 0.15) is 30.3 Å². The molecular weight excluding hydrogens is 282 g/mol. The molecule has 0 bridgehead atoms. The molecule has 7 heteroatoms. The van der Waals surface area contributed by atoms with Crippen LogP contribution in [0.15, 0.2) is 10.3 Å². The van der Waals surface area contributed by atoms with Crippen molar-refractivity contribution in [3.05, 3.63) is 16.5 Å². The van der Waals surface area contributed by atoms with Gasteiger partial charge in [0.25, 0.3) is 0 Å². The Kier molecular flexibility index (Phi) is 5.94. The fraction of sp³-hybridized carbons (Fsp3) is 0.667. The van der Waals surface area contributed by atoms with Gasteiger partial charge in [0, 0.05) is 17.5 Å². The molecule has 1 aromatic rings. The summed E-state index contributed by atoms with van der Waals surface area (Å²) in [5, 5.41) is 8.59. The minimum atomic E-state index is -3.61. The zero-order chi connectivity index (χ0) is 14.6. The molecule has 19 heavy (non-hydrogen) atoms. The second-order valence-electron chi connectivity index (χ2n) is 4.59. The Morgan fingerprint density at radius 1 is 1.47 bits per heavy atom. The van der Waals surface area contributed by atoms with Gasteiger partial charge in [-0.15, -0.1) is 11.3 Å². The summed E-state index contributed by atoms with van der Waals surface area (Å²) >= 11 is 1.24. The fourth-order valence-corrected chi connectivity index (χ4v) is 3.85. The Bertz CT molecular complexity index is 511. The van der Waals surface area contributed by atoms with Crippen LogP contribution in [0.5, 0.6) is 0 Å². The molecule has 1 atom stereocenters. The third kappa shape index (κ3) is 4.54. The van der Waals surface area contributed by atoms with Crippen LogP contribution in [-0.4, -0.2) is 40.0 Å². The van der Waals surface area contributed by atoms with E-state index in [-0.39, 0.29) is 10.3 Å². The van der Waals surface area contributed by atoms with Crippen molar-refractivity contribution in [3.8, 4) is 0 Å². The van der Waals surface area contributed by atoms with Crippen LogP contribution >= 0.6 is 11.3 Å². The quantitative estimate of drug-likeness (QED) is 0.796. The average Bonchev–Trinajstić information content (AvgIpc) is 2.70. The first-order chi connectivity index (χ1) is 8.79. The van der Waals surface area contributed by atoms with Crippen molar-refractivity contribution in [1.29, 1.82) is 0 Å². The topological polar surface area (TPSA) is 75.4 Å². The SMILES string of the molecule is CCNC(CN(C)CC)c1cc(S(N)(=O)=O)sc1C. The highest BCUT2D eigenvalue weighted by Gasteiger charge is 2.21. The van der Waals surface area contributed by atoms with Gasteiger partial charge in [-0.2, -0.15) is 0 Å². The number of nitrogens with two attached hydrogens (primary N) is 1. The van der Waals surface area contributed by atoms with Gasteiger partial charge in [-0.3, -0.25) is 0 Å². The molecule has 1 aromatic heterocycles. The van der Waals surface area contributed by atoms with Crippen molar-refractivity contribution in [3.63, 3.8) is 0 Å². The lowest BCUT2D eigenvalue weighted by atomic mass is 10.1. The third-order valence-corrected chi connectivity index (χ3v) is 5.56. The van der Waals surface area contributed by atoms with E-state index in [0.29, 0.717) is 0 Å². The van der Waals surface area contributed by atoms with Gasteiger partial charge in [0.15, 0.2) is 0 Å². The van der Waals surface area contributed by atoms with Crippen LogP contribution in [0, 0.1) is 6.92 Å². The number of nitrogens with zero attached hydrogens (tertiary/aromatic N) is 1. The summed E-state index contributed by atoms with van der Waals surface area (Å²) in [6.45, 7) is 8.70. The molecular formula is C12H23N3O2S2. The highest BCUT2D eigenvalue weighted by molar-refractivity contribution is 7.91. The highest BCUT2D eigenvalue weighted by atomic mass is 32.2. The zero-order valence-corrected chi connectivity index (χ0v) is 13.6. The predicted octanol–water partition coefficient (Wildman–Crippen LogP) is 1.31. The van der Waals surface area contributed by atoms with E-state index >= 15 is 0 Å². The number of likely N-dealkylation sites (N-methyl/N-ethyl adjacent to an activating group) is 2. The van der Waals surface area contributed by atoms with E-state index < -0.39 is 10.0 Å². The largest absolute Gasteiger partial charge is 0.309 e. The van der Waals surface area contributed by atoms with Gasteiger partial charge in [-0.25, -0.2) is 13.6 Å². The second kappa shape index (κ2) is 6.81. The molecule has 0 saturated heterocycles. The van der Waals surface area contributed by atoms with E-state index in [1.165, 1.54) is 11.3 Å². The third-order valence-electron chi connectivity index (χ3n) is 3.07. The molecule has 0 fully saturated rings. The molecule has 1 rings (SSSR count). The number of hydrogen-bond acceptors (Lipinski definition) is 5. The first-order valence-corrected chi connectivity index (χ1v) is 8.70. The van der Waals surface area contributed by atoms with Crippen molar-refractivity contribution in [2.45, 2.75) is 31.0 Å². The van der Waals surface area contributed by atoms with Gasteiger partial charge in [0.2, 0.25) is 10.0 Å². The van der Waals surface area contributed by atoms with E-state index in [4.69, 9.17) is 5.14 Å². The van der Waals surface area contributed by atoms with Crippen LogP contribution in [0.25, 0.3) is 0 Å². The second-order valence-corrected chi connectivity index (χ2v) is 7.63. The van der Waals surface area contributed by atoms with Crippen molar-refractivity contribution in [2.75, 3.05) is 26.7 Å². The fourth-order valence-electron chi connectivity index (χ4n) is 1.91. The number of aryl methyl sites for hydroxylation is 1. The summed E-state index contributed by atoms with van der Waals surface area (Å²) < 4.78 is 23.1.